The third kappa shape index (κ3) is 5.55. The number of sulfonamides is 1. The summed E-state index contributed by atoms with van der Waals surface area (Å²) in [5.74, 6) is 0.251. The molecule has 8 heteroatoms. The van der Waals surface area contributed by atoms with E-state index in [4.69, 9.17) is 0 Å². The van der Waals surface area contributed by atoms with Gasteiger partial charge in [0.05, 0.1) is 16.8 Å². The van der Waals surface area contributed by atoms with Gasteiger partial charge in [-0.05, 0) is 56.0 Å². The zero-order chi connectivity index (χ0) is 19.2. The molecule has 0 saturated heterocycles. The number of rotatable bonds is 8. The molecule has 1 aromatic carbocycles. The van der Waals surface area contributed by atoms with E-state index in [1.54, 1.807) is 55.2 Å². The van der Waals surface area contributed by atoms with Crippen LogP contribution in [-0.2, 0) is 14.8 Å². The lowest BCUT2D eigenvalue weighted by Crippen LogP contribution is -2.44. The fourth-order valence-electron chi connectivity index (χ4n) is 2.50. The number of nitrogens with zero attached hydrogens (tertiary/aromatic N) is 1. The highest BCUT2D eigenvalue weighted by Crippen LogP contribution is 2.18. The lowest BCUT2D eigenvalue weighted by Gasteiger charge is -2.19. The Morgan fingerprint density at radius 3 is 2.65 bits per heavy atom. The predicted molar refractivity (Wildman–Crippen MR) is 106 cm³/mol. The van der Waals surface area contributed by atoms with Gasteiger partial charge >= 0.3 is 0 Å². The molecule has 1 aromatic heterocycles. The number of carbonyl (C=O) groups excluding carboxylic acids is 1. The monoisotopic (exact) mass is 393 g/mol. The van der Waals surface area contributed by atoms with Crippen molar-refractivity contribution >= 4 is 33.4 Å². The Morgan fingerprint density at radius 1 is 1.27 bits per heavy atom. The fraction of sp³-hybridized carbons (Fsp3) is 0.333. The third-order valence-corrected chi connectivity index (χ3v) is 6.05. The summed E-state index contributed by atoms with van der Waals surface area (Å²) in [6, 6.07) is 7.66. The number of pyridine rings is 1. The first-order chi connectivity index (χ1) is 12.3. The summed E-state index contributed by atoms with van der Waals surface area (Å²) in [5.41, 5.74) is 2.15. The number of aromatic nitrogens is 1. The van der Waals surface area contributed by atoms with E-state index in [2.05, 4.69) is 15.0 Å². The van der Waals surface area contributed by atoms with E-state index in [0.717, 1.165) is 5.56 Å². The molecule has 1 amide bonds. The van der Waals surface area contributed by atoms with Gasteiger partial charge in [-0.25, -0.2) is 8.42 Å². The molecule has 2 rings (SSSR count). The summed E-state index contributed by atoms with van der Waals surface area (Å²) in [4.78, 5) is 16.7. The Morgan fingerprint density at radius 2 is 2.04 bits per heavy atom. The van der Waals surface area contributed by atoms with Crippen LogP contribution in [0.2, 0.25) is 0 Å². The van der Waals surface area contributed by atoms with E-state index < -0.39 is 22.0 Å². The van der Waals surface area contributed by atoms with Gasteiger partial charge in [0.15, 0.2) is 0 Å². The normalized spacial score (nSPS) is 12.6. The highest BCUT2D eigenvalue weighted by Gasteiger charge is 2.26. The lowest BCUT2D eigenvalue weighted by atomic mass is 10.2. The molecule has 0 unspecified atom stereocenters. The average molecular weight is 394 g/mol. The molecule has 1 atom stereocenters. The van der Waals surface area contributed by atoms with Crippen molar-refractivity contribution in [3.05, 3.63) is 53.9 Å². The maximum absolute atomic E-state index is 12.8. The van der Waals surface area contributed by atoms with Crippen molar-refractivity contribution in [3.63, 3.8) is 0 Å². The van der Waals surface area contributed by atoms with E-state index in [1.807, 2.05) is 13.2 Å². The summed E-state index contributed by atoms with van der Waals surface area (Å²) >= 11 is 1.55. The Balaban J connectivity index is 2.21. The van der Waals surface area contributed by atoms with Gasteiger partial charge in [-0.2, -0.15) is 16.5 Å². The number of hydrogen-bond donors (Lipinski definition) is 2. The summed E-state index contributed by atoms with van der Waals surface area (Å²) < 4.78 is 28.1. The second-order valence-corrected chi connectivity index (χ2v) is 8.62. The number of aryl methyl sites for hydroxylation is 2. The molecule has 0 aliphatic carbocycles. The average Bonchev–Trinajstić information content (AvgIpc) is 2.59. The standard InChI is InChI=1S/C18H23N3O3S2/c1-13-6-7-17(14(2)11-13)26(23,24)21-16(8-10-25-3)18(22)20-15-5-4-9-19-12-15/h4-7,9,11-12,16,21H,8,10H2,1-3H3,(H,20,22)/t16-/m0/s1. The second kappa shape index (κ2) is 9.16. The third-order valence-electron chi connectivity index (χ3n) is 3.77. The molecule has 6 nitrogen and oxygen atoms in total. The number of anilines is 1. The quantitative estimate of drug-likeness (QED) is 0.720. The second-order valence-electron chi connectivity index (χ2n) is 5.96. The molecule has 0 aliphatic rings. The Bertz CT molecular complexity index is 855. The number of amides is 1. The first-order valence-corrected chi connectivity index (χ1v) is 11.0. The molecule has 2 aromatic rings. The number of carbonyl (C=O) groups is 1. The van der Waals surface area contributed by atoms with Gasteiger partial charge in [-0.3, -0.25) is 9.78 Å². The van der Waals surface area contributed by atoms with Crippen LogP contribution in [0.4, 0.5) is 5.69 Å². The molecule has 0 saturated carbocycles. The minimum atomic E-state index is -3.81. The van der Waals surface area contributed by atoms with Gasteiger partial charge < -0.3 is 5.32 Å². The van der Waals surface area contributed by atoms with E-state index >= 15 is 0 Å². The number of benzene rings is 1. The van der Waals surface area contributed by atoms with Gasteiger partial charge in [0, 0.05) is 6.20 Å². The van der Waals surface area contributed by atoms with Crippen LogP contribution < -0.4 is 10.0 Å². The van der Waals surface area contributed by atoms with Crippen LogP contribution >= 0.6 is 11.8 Å². The molecule has 0 spiro atoms. The van der Waals surface area contributed by atoms with Crippen LogP contribution in [0.25, 0.3) is 0 Å². The molecule has 2 N–H and O–H groups in total. The molecule has 26 heavy (non-hydrogen) atoms. The van der Waals surface area contributed by atoms with Gasteiger partial charge in [-0.15, -0.1) is 0 Å². The highest BCUT2D eigenvalue weighted by atomic mass is 32.2. The van der Waals surface area contributed by atoms with Crippen molar-refractivity contribution in [2.45, 2.75) is 31.2 Å². The topological polar surface area (TPSA) is 88.2 Å². The molecule has 0 bridgehead atoms. The molecule has 1 heterocycles. The molecule has 0 aliphatic heterocycles. The summed E-state index contributed by atoms with van der Waals surface area (Å²) in [6.45, 7) is 3.65. The fourth-order valence-corrected chi connectivity index (χ4v) is 4.42. The zero-order valence-corrected chi connectivity index (χ0v) is 16.7. The van der Waals surface area contributed by atoms with Crippen molar-refractivity contribution in [2.75, 3.05) is 17.3 Å². The van der Waals surface area contributed by atoms with Crippen LogP contribution in [-0.4, -0.2) is 37.4 Å². The SMILES string of the molecule is CSCC[C@H](NS(=O)(=O)c1ccc(C)cc1C)C(=O)Nc1cccnc1. The van der Waals surface area contributed by atoms with Crippen LogP contribution in [0.15, 0.2) is 47.6 Å². The molecular weight excluding hydrogens is 370 g/mol. The van der Waals surface area contributed by atoms with E-state index in [9.17, 15) is 13.2 Å². The van der Waals surface area contributed by atoms with Gasteiger partial charge in [0.2, 0.25) is 15.9 Å². The van der Waals surface area contributed by atoms with Gasteiger partial charge in [-0.1, -0.05) is 17.7 Å². The van der Waals surface area contributed by atoms with Crippen LogP contribution in [0.5, 0.6) is 0 Å². The molecule has 0 fully saturated rings. The summed E-state index contributed by atoms with van der Waals surface area (Å²) in [6.07, 6.45) is 5.41. The van der Waals surface area contributed by atoms with Crippen LogP contribution in [0.1, 0.15) is 17.5 Å². The first kappa shape index (κ1) is 20.4. The maximum Gasteiger partial charge on any atom is 0.242 e. The lowest BCUT2D eigenvalue weighted by molar-refractivity contribution is -0.117. The van der Waals surface area contributed by atoms with Crippen LogP contribution in [0, 0.1) is 13.8 Å². The van der Waals surface area contributed by atoms with Gasteiger partial charge in [0.25, 0.3) is 0 Å². The first-order valence-electron chi connectivity index (χ1n) is 8.13. The largest absolute Gasteiger partial charge is 0.323 e. The maximum atomic E-state index is 12.8. The van der Waals surface area contributed by atoms with E-state index in [-0.39, 0.29) is 4.90 Å². The minimum Gasteiger partial charge on any atom is -0.323 e. The van der Waals surface area contributed by atoms with Crippen molar-refractivity contribution in [2.24, 2.45) is 0 Å². The number of nitrogens with one attached hydrogen (secondary N) is 2. The zero-order valence-electron chi connectivity index (χ0n) is 15.0. The van der Waals surface area contributed by atoms with Crippen molar-refractivity contribution in [3.8, 4) is 0 Å². The Hall–Kier alpha value is -1.90. The van der Waals surface area contributed by atoms with Crippen LogP contribution in [0.3, 0.4) is 0 Å². The number of hydrogen-bond acceptors (Lipinski definition) is 5. The van der Waals surface area contributed by atoms with Crippen molar-refractivity contribution in [1.82, 2.24) is 9.71 Å². The molecular formula is C18H23N3O3S2. The predicted octanol–water partition coefficient (Wildman–Crippen LogP) is 2.74. The van der Waals surface area contributed by atoms with Crippen molar-refractivity contribution < 1.29 is 13.2 Å². The summed E-state index contributed by atoms with van der Waals surface area (Å²) in [5, 5.41) is 2.71. The number of thioether (sulfide) groups is 1. The van der Waals surface area contributed by atoms with E-state index in [1.165, 1.54) is 6.20 Å². The van der Waals surface area contributed by atoms with Crippen molar-refractivity contribution in [1.29, 1.82) is 0 Å². The minimum absolute atomic E-state index is 0.187. The molecule has 140 valence electrons. The Labute approximate surface area is 158 Å². The highest BCUT2D eigenvalue weighted by molar-refractivity contribution is 7.98. The van der Waals surface area contributed by atoms with E-state index in [0.29, 0.717) is 23.4 Å². The Kier molecular flexibility index (Phi) is 7.19. The summed E-state index contributed by atoms with van der Waals surface area (Å²) in [7, 11) is -3.81. The molecule has 0 radical (unpaired) electrons. The smallest absolute Gasteiger partial charge is 0.242 e. The van der Waals surface area contributed by atoms with Gasteiger partial charge in [0.1, 0.15) is 6.04 Å².